The quantitative estimate of drug-likeness (QED) is 0.480. The lowest BCUT2D eigenvalue weighted by atomic mass is 10.0. The third-order valence-corrected chi connectivity index (χ3v) is 4.90. The first kappa shape index (κ1) is 17.1. The minimum Gasteiger partial charge on any atom is -0.406 e. The Morgan fingerprint density at radius 2 is 1.86 bits per heavy atom. The molecule has 29 heavy (non-hydrogen) atoms. The van der Waals surface area contributed by atoms with Crippen LogP contribution in [0.5, 0.6) is 0 Å². The van der Waals surface area contributed by atoms with Crippen LogP contribution in [0, 0.1) is 0 Å². The maximum atomic E-state index is 11.4. The highest BCUT2D eigenvalue weighted by Crippen LogP contribution is 2.29. The van der Waals surface area contributed by atoms with Gasteiger partial charge in [-0.1, -0.05) is 36.4 Å². The summed E-state index contributed by atoms with van der Waals surface area (Å²) in [5.41, 5.74) is 4.64. The lowest BCUT2D eigenvalue weighted by molar-refractivity contribution is 0.555. The molecular formula is C22H17N5O2. The molecule has 3 aromatic heterocycles. The van der Waals surface area contributed by atoms with E-state index in [9.17, 15) is 4.79 Å². The number of aromatic amines is 1. The van der Waals surface area contributed by atoms with Gasteiger partial charge in [-0.05, 0) is 36.2 Å². The van der Waals surface area contributed by atoms with Crippen molar-refractivity contribution in [3.8, 4) is 11.1 Å². The fourth-order valence-electron chi connectivity index (χ4n) is 3.38. The van der Waals surface area contributed by atoms with Gasteiger partial charge >= 0.3 is 5.76 Å². The number of aromatic nitrogens is 4. The van der Waals surface area contributed by atoms with E-state index in [-0.39, 0.29) is 6.04 Å². The fraction of sp³-hybridized carbons (Fsp3) is 0.0909. The number of anilines is 1. The molecule has 5 rings (SSSR count). The molecule has 0 aliphatic rings. The van der Waals surface area contributed by atoms with E-state index in [0.717, 1.165) is 27.8 Å². The second-order valence-electron chi connectivity index (χ2n) is 6.82. The largest absolute Gasteiger partial charge is 0.418 e. The van der Waals surface area contributed by atoms with Crippen LogP contribution in [-0.4, -0.2) is 19.9 Å². The van der Waals surface area contributed by atoms with Crippen molar-refractivity contribution in [1.29, 1.82) is 0 Å². The van der Waals surface area contributed by atoms with Crippen molar-refractivity contribution in [2.24, 2.45) is 0 Å². The van der Waals surface area contributed by atoms with E-state index in [1.165, 1.54) is 5.56 Å². The smallest absolute Gasteiger partial charge is 0.406 e. The molecule has 0 spiro atoms. The molecule has 7 heteroatoms. The average Bonchev–Trinajstić information content (AvgIpc) is 3.13. The molecule has 2 aromatic carbocycles. The summed E-state index contributed by atoms with van der Waals surface area (Å²) in [7, 11) is 0. The summed E-state index contributed by atoms with van der Waals surface area (Å²) in [5, 5.41) is 4.39. The first-order valence-electron chi connectivity index (χ1n) is 9.23. The van der Waals surface area contributed by atoms with Crippen molar-refractivity contribution in [1.82, 2.24) is 19.9 Å². The summed E-state index contributed by atoms with van der Waals surface area (Å²) in [5.74, 6) is 0.244. The average molecular weight is 383 g/mol. The van der Waals surface area contributed by atoms with Crippen LogP contribution >= 0.6 is 0 Å². The Morgan fingerprint density at radius 3 is 2.72 bits per heavy atom. The summed E-state index contributed by atoms with van der Waals surface area (Å²) < 4.78 is 5.13. The van der Waals surface area contributed by atoms with Crippen molar-refractivity contribution >= 4 is 28.0 Å². The molecule has 0 aliphatic heterocycles. The highest BCUT2D eigenvalue weighted by atomic mass is 16.4. The van der Waals surface area contributed by atoms with Gasteiger partial charge in [0.25, 0.3) is 0 Å². The van der Waals surface area contributed by atoms with E-state index < -0.39 is 5.76 Å². The Balaban J connectivity index is 1.56. The Bertz CT molecular complexity index is 1370. The zero-order chi connectivity index (χ0) is 19.8. The molecule has 2 N–H and O–H groups in total. The first-order valence-corrected chi connectivity index (χ1v) is 9.23. The van der Waals surface area contributed by atoms with Gasteiger partial charge in [-0.15, -0.1) is 0 Å². The van der Waals surface area contributed by atoms with E-state index in [1.807, 2.05) is 36.4 Å². The van der Waals surface area contributed by atoms with Crippen LogP contribution in [0.3, 0.4) is 0 Å². The maximum Gasteiger partial charge on any atom is 0.418 e. The molecule has 5 aromatic rings. The molecular weight excluding hydrogens is 366 g/mol. The standard InChI is InChI=1S/C22H17N5O2/c1-13(14-5-3-2-4-6-14)26-20-17-9-15(7-8-18(17)24-12-25-20)16-10-19-21(23-11-16)27-22(28)29-19/h2-13H,1H3,(H,23,27,28)(H,24,25,26). The predicted octanol–water partition coefficient (Wildman–Crippen LogP) is 4.30. The van der Waals surface area contributed by atoms with E-state index in [4.69, 9.17) is 4.42 Å². The van der Waals surface area contributed by atoms with Gasteiger partial charge in [-0.25, -0.2) is 19.7 Å². The van der Waals surface area contributed by atoms with Gasteiger partial charge in [0, 0.05) is 23.2 Å². The van der Waals surface area contributed by atoms with Crippen LogP contribution in [0.2, 0.25) is 0 Å². The fourth-order valence-corrected chi connectivity index (χ4v) is 3.38. The molecule has 7 nitrogen and oxygen atoms in total. The van der Waals surface area contributed by atoms with Crippen molar-refractivity contribution < 1.29 is 4.42 Å². The number of nitrogens with zero attached hydrogens (tertiary/aromatic N) is 3. The van der Waals surface area contributed by atoms with Gasteiger partial charge < -0.3 is 9.73 Å². The lowest BCUT2D eigenvalue weighted by Gasteiger charge is -2.16. The molecule has 0 saturated carbocycles. The topological polar surface area (TPSA) is 96.7 Å². The van der Waals surface area contributed by atoms with Crippen molar-refractivity contribution in [2.45, 2.75) is 13.0 Å². The number of oxazole rings is 1. The van der Waals surface area contributed by atoms with Crippen molar-refractivity contribution in [2.75, 3.05) is 5.32 Å². The minimum atomic E-state index is -0.516. The number of hydrogen-bond acceptors (Lipinski definition) is 6. The highest BCUT2D eigenvalue weighted by molar-refractivity contribution is 5.93. The Hall–Kier alpha value is -4.00. The summed E-state index contributed by atoms with van der Waals surface area (Å²) in [6.07, 6.45) is 3.27. The van der Waals surface area contributed by atoms with Gasteiger partial charge in [0.15, 0.2) is 11.2 Å². The zero-order valence-electron chi connectivity index (χ0n) is 15.6. The number of benzene rings is 2. The van der Waals surface area contributed by atoms with E-state index in [1.54, 1.807) is 18.6 Å². The monoisotopic (exact) mass is 383 g/mol. The lowest BCUT2D eigenvalue weighted by Crippen LogP contribution is -2.08. The van der Waals surface area contributed by atoms with Crippen LogP contribution in [0.25, 0.3) is 33.3 Å². The molecule has 0 radical (unpaired) electrons. The van der Waals surface area contributed by atoms with Crippen LogP contribution in [-0.2, 0) is 0 Å². The highest BCUT2D eigenvalue weighted by Gasteiger charge is 2.11. The molecule has 0 bridgehead atoms. The predicted molar refractivity (Wildman–Crippen MR) is 112 cm³/mol. The third-order valence-electron chi connectivity index (χ3n) is 4.90. The van der Waals surface area contributed by atoms with Gasteiger partial charge in [-0.2, -0.15) is 0 Å². The SMILES string of the molecule is CC(Nc1ncnc2ccc(-c3cnc4[nH]c(=O)oc4c3)cc12)c1ccccc1. The van der Waals surface area contributed by atoms with E-state index in [2.05, 4.69) is 44.3 Å². The summed E-state index contributed by atoms with van der Waals surface area (Å²) >= 11 is 0. The normalized spacial score (nSPS) is 12.3. The minimum absolute atomic E-state index is 0.0881. The Labute approximate surface area is 165 Å². The van der Waals surface area contributed by atoms with Gasteiger partial charge in [0.2, 0.25) is 0 Å². The van der Waals surface area contributed by atoms with Crippen LogP contribution in [0.4, 0.5) is 5.82 Å². The molecule has 3 heterocycles. The maximum absolute atomic E-state index is 11.4. The number of rotatable bonds is 4. The van der Waals surface area contributed by atoms with Gasteiger partial charge in [0.05, 0.1) is 5.52 Å². The Kier molecular flexibility index (Phi) is 4.05. The molecule has 0 saturated heterocycles. The van der Waals surface area contributed by atoms with Crippen molar-refractivity contribution in [3.05, 3.63) is 83.2 Å². The second kappa shape index (κ2) is 6.87. The van der Waals surface area contributed by atoms with E-state index in [0.29, 0.717) is 11.2 Å². The van der Waals surface area contributed by atoms with Crippen molar-refractivity contribution in [3.63, 3.8) is 0 Å². The summed E-state index contributed by atoms with van der Waals surface area (Å²) in [6, 6.07) is 18.0. The number of H-pyrrole nitrogens is 1. The molecule has 0 aliphatic carbocycles. The molecule has 142 valence electrons. The number of pyridine rings is 1. The number of nitrogens with one attached hydrogen (secondary N) is 2. The number of hydrogen-bond donors (Lipinski definition) is 2. The zero-order valence-corrected chi connectivity index (χ0v) is 15.6. The molecule has 0 fully saturated rings. The molecule has 1 atom stereocenters. The number of fused-ring (bicyclic) bond motifs is 2. The van der Waals surface area contributed by atoms with Gasteiger partial charge in [0.1, 0.15) is 12.1 Å². The second-order valence-corrected chi connectivity index (χ2v) is 6.82. The molecule has 1 unspecified atom stereocenters. The summed E-state index contributed by atoms with van der Waals surface area (Å²) in [6.45, 7) is 2.10. The van der Waals surface area contributed by atoms with E-state index >= 15 is 0 Å². The van der Waals surface area contributed by atoms with Crippen LogP contribution in [0.15, 0.2) is 76.3 Å². The third kappa shape index (κ3) is 3.23. The first-order chi connectivity index (χ1) is 14.2. The van der Waals surface area contributed by atoms with Gasteiger partial charge in [-0.3, -0.25) is 4.98 Å². The van der Waals surface area contributed by atoms with Crippen LogP contribution in [0.1, 0.15) is 18.5 Å². The van der Waals surface area contributed by atoms with Crippen LogP contribution < -0.4 is 11.1 Å². The molecule has 0 amide bonds. The Morgan fingerprint density at radius 1 is 1.00 bits per heavy atom. The summed E-state index contributed by atoms with van der Waals surface area (Å²) in [4.78, 5) is 27.0.